The molecule has 0 N–H and O–H groups in total. The molecule has 4 fully saturated rings. The molecule has 3 aromatic rings. The number of amides is 2. The van der Waals surface area contributed by atoms with E-state index in [0.717, 1.165) is 67.5 Å². The molecule has 3 saturated carbocycles. The lowest BCUT2D eigenvalue weighted by Crippen LogP contribution is -2.58. The van der Waals surface area contributed by atoms with Crippen molar-refractivity contribution in [3.63, 3.8) is 0 Å². The first-order valence-electron chi connectivity index (χ1n) is 18.4. The third-order valence-corrected chi connectivity index (χ3v) is 11.4. The van der Waals surface area contributed by atoms with Crippen LogP contribution in [0.15, 0.2) is 54.9 Å². The average molecular weight is 669 g/mol. The van der Waals surface area contributed by atoms with Gasteiger partial charge in [-0.25, -0.2) is 4.79 Å². The number of hydrogen-bond acceptors (Lipinski definition) is 6. The first kappa shape index (κ1) is 33.6. The van der Waals surface area contributed by atoms with Gasteiger partial charge in [-0.15, -0.1) is 0 Å². The molecule has 1 aromatic heterocycles. The molecule has 3 aliphatic carbocycles. The zero-order valence-corrected chi connectivity index (χ0v) is 29.4. The van der Waals surface area contributed by atoms with E-state index in [0.29, 0.717) is 62.9 Å². The molecule has 262 valence electrons. The maximum atomic E-state index is 15.0. The Bertz CT molecular complexity index is 1610. The third-order valence-electron chi connectivity index (χ3n) is 11.4. The highest BCUT2D eigenvalue weighted by Crippen LogP contribution is 2.41. The van der Waals surface area contributed by atoms with Crippen molar-refractivity contribution >= 4 is 17.7 Å². The summed E-state index contributed by atoms with van der Waals surface area (Å²) in [6, 6.07) is 15.4. The van der Waals surface area contributed by atoms with Gasteiger partial charge in [0, 0.05) is 50.1 Å². The van der Waals surface area contributed by atoms with E-state index in [1.807, 2.05) is 23.2 Å². The van der Waals surface area contributed by atoms with Crippen LogP contribution in [0, 0.1) is 18.8 Å². The zero-order valence-electron chi connectivity index (χ0n) is 29.4. The van der Waals surface area contributed by atoms with Gasteiger partial charge in [0.2, 0.25) is 0 Å². The van der Waals surface area contributed by atoms with Crippen LogP contribution in [-0.4, -0.2) is 72.7 Å². The molecule has 0 radical (unpaired) electrons. The van der Waals surface area contributed by atoms with E-state index < -0.39 is 5.60 Å². The van der Waals surface area contributed by atoms with Crippen molar-refractivity contribution in [1.29, 1.82) is 0 Å². The maximum absolute atomic E-state index is 15.0. The van der Waals surface area contributed by atoms with Gasteiger partial charge in [0.05, 0.1) is 26.0 Å². The Kier molecular flexibility index (Phi) is 9.99. The number of likely N-dealkylation sites (tertiary alicyclic amines) is 1. The number of ether oxygens (including phenoxy) is 3. The molecule has 7 rings (SSSR count). The number of carbonyl (C=O) groups is 2. The molecule has 4 aliphatic rings. The highest BCUT2D eigenvalue weighted by atomic mass is 16.6. The van der Waals surface area contributed by atoms with E-state index in [9.17, 15) is 4.79 Å². The molecular formula is C40H52N4O5. The van der Waals surface area contributed by atoms with Crippen molar-refractivity contribution in [2.45, 2.75) is 95.1 Å². The lowest BCUT2D eigenvalue weighted by Gasteiger charge is -2.44. The molecule has 0 bridgehead atoms. The van der Waals surface area contributed by atoms with Crippen LogP contribution in [0.1, 0.15) is 93.7 Å². The van der Waals surface area contributed by atoms with Gasteiger partial charge in [-0.1, -0.05) is 30.7 Å². The standard InChI is InChI=1S/C40H52N4O5/c1-28-20-33(14-17-37(28)48-3)31-12-10-29(11-13-31)25-43(36-9-7-8-32(21-36)34-22-41-44(26-34)35-15-16-35)38(45)40(18-5-4-6-19-40)49-39(46)42-23-30(24-42)27-47-2/h7-9,14,17,20-22,26,29-31,35H,4-6,10-13,15-16,18-19,23-25,27H2,1-3H3. The van der Waals surface area contributed by atoms with E-state index >= 15 is 4.79 Å². The molecular weight excluding hydrogens is 616 g/mol. The molecule has 0 unspecified atom stereocenters. The van der Waals surface area contributed by atoms with Gasteiger partial charge in [0.15, 0.2) is 5.60 Å². The zero-order chi connectivity index (χ0) is 34.0. The normalized spacial score (nSPS) is 22.3. The van der Waals surface area contributed by atoms with Gasteiger partial charge in [-0.2, -0.15) is 5.10 Å². The molecule has 1 saturated heterocycles. The van der Waals surface area contributed by atoms with E-state index in [4.69, 9.17) is 14.2 Å². The number of hydrogen-bond donors (Lipinski definition) is 0. The molecule has 2 aromatic carbocycles. The van der Waals surface area contributed by atoms with E-state index in [-0.39, 0.29) is 12.0 Å². The number of carbonyl (C=O) groups excluding carboxylic acids is 2. The van der Waals surface area contributed by atoms with E-state index in [1.165, 1.54) is 24.0 Å². The first-order chi connectivity index (χ1) is 23.9. The largest absolute Gasteiger partial charge is 0.496 e. The van der Waals surface area contributed by atoms with Gasteiger partial charge in [0.1, 0.15) is 5.75 Å². The van der Waals surface area contributed by atoms with Crippen LogP contribution in [-0.2, 0) is 14.3 Å². The van der Waals surface area contributed by atoms with Crippen molar-refractivity contribution in [3.8, 4) is 16.9 Å². The summed E-state index contributed by atoms with van der Waals surface area (Å²) >= 11 is 0. The summed E-state index contributed by atoms with van der Waals surface area (Å²) in [6.07, 6.45) is 14.2. The number of rotatable bonds is 11. The summed E-state index contributed by atoms with van der Waals surface area (Å²) < 4.78 is 19.2. The number of nitrogens with zero attached hydrogens (tertiary/aromatic N) is 4. The van der Waals surface area contributed by atoms with Gasteiger partial charge >= 0.3 is 6.09 Å². The molecule has 9 heteroatoms. The number of aromatic nitrogens is 2. The van der Waals surface area contributed by atoms with Crippen molar-refractivity contribution in [2.24, 2.45) is 11.8 Å². The summed E-state index contributed by atoms with van der Waals surface area (Å²) in [5.74, 6) is 2.02. The van der Waals surface area contributed by atoms with Crippen molar-refractivity contribution in [1.82, 2.24) is 14.7 Å². The minimum Gasteiger partial charge on any atom is -0.496 e. The molecule has 0 spiro atoms. The maximum Gasteiger partial charge on any atom is 0.410 e. The second kappa shape index (κ2) is 14.6. The van der Waals surface area contributed by atoms with Crippen LogP contribution in [0.25, 0.3) is 11.1 Å². The lowest BCUT2D eigenvalue weighted by molar-refractivity contribution is -0.143. The number of methoxy groups -OCH3 is 2. The predicted molar refractivity (Wildman–Crippen MR) is 190 cm³/mol. The highest BCUT2D eigenvalue weighted by molar-refractivity contribution is 6.01. The Labute approximate surface area is 290 Å². The third kappa shape index (κ3) is 7.37. The topological polar surface area (TPSA) is 86.1 Å². The van der Waals surface area contributed by atoms with Gasteiger partial charge in [0.25, 0.3) is 5.91 Å². The Hall–Kier alpha value is -3.85. The van der Waals surface area contributed by atoms with Crippen molar-refractivity contribution in [2.75, 3.05) is 45.4 Å². The quantitative estimate of drug-likeness (QED) is 0.206. The summed E-state index contributed by atoms with van der Waals surface area (Å²) in [6.45, 7) is 4.55. The first-order valence-corrected chi connectivity index (χ1v) is 18.4. The van der Waals surface area contributed by atoms with E-state index in [2.05, 4.69) is 53.2 Å². The summed E-state index contributed by atoms with van der Waals surface area (Å²) in [5, 5.41) is 4.63. The number of benzene rings is 2. The van der Waals surface area contributed by atoms with E-state index in [1.54, 1.807) is 19.1 Å². The minimum atomic E-state index is -1.16. The Balaban J connectivity index is 1.13. The Morgan fingerprint density at radius 1 is 0.918 bits per heavy atom. The van der Waals surface area contributed by atoms with Crippen LogP contribution in [0.4, 0.5) is 10.5 Å². The SMILES string of the molecule is COCC1CN(C(=O)OC2(C(=O)N(CC3CCC(c4ccc(OC)c(C)c4)CC3)c3cccc(-c4cnn(C5CC5)c4)c3)CCCCC2)C1. The highest BCUT2D eigenvalue weighted by Gasteiger charge is 2.48. The van der Waals surface area contributed by atoms with Gasteiger partial charge < -0.3 is 24.0 Å². The molecule has 2 amide bonds. The molecule has 1 aliphatic heterocycles. The molecule has 2 heterocycles. The van der Waals surface area contributed by atoms with Crippen molar-refractivity contribution < 1.29 is 23.8 Å². The van der Waals surface area contributed by atoms with Crippen LogP contribution >= 0.6 is 0 Å². The summed E-state index contributed by atoms with van der Waals surface area (Å²) in [5.41, 5.74) is 4.34. The van der Waals surface area contributed by atoms with Gasteiger partial charge in [-0.05, 0) is 118 Å². The Morgan fingerprint density at radius 2 is 1.69 bits per heavy atom. The predicted octanol–water partition coefficient (Wildman–Crippen LogP) is 7.93. The minimum absolute atomic E-state index is 0.0757. The monoisotopic (exact) mass is 668 g/mol. The Morgan fingerprint density at radius 3 is 2.39 bits per heavy atom. The molecule has 9 nitrogen and oxygen atoms in total. The lowest BCUT2D eigenvalue weighted by atomic mass is 9.77. The fraction of sp³-hybridized carbons (Fsp3) is 0.575. The fourth-order valence-corrected chi connectivity index (χ4v) is 8.30. The van der Waals surface area contributed by atoms with Crippen LogP contribution in [0.2, 0.25) is 0 Å². The van der Waals surface area contributed by atoms with Crippen LogP contribution in [0.5, 0.6) is 5.75 Å². The fourth-order valence-electron chi connectivity index (χ4n) is 8.30. The second-order valence-corrected chi connectivity index (χ2v) is 15.0. The van der Waals surface area contributed by atoms with Crippen LogP contribution in [0.3, 0.4) is 0 Å². The van der Waals surface area contributed by atoms with Crippen LogP contribution < -0.4 is 9.64 Å². The molecule has 49 heavy (non-hydrogen) atoms. The molecule has 0 atom stereocenters. The van der Waals surface area contributed by atoms with Gasteiger partial charge in [-0.3, -0.25) is 9.48 Å². The smallest absolute Gasteiger partial charge is 0.410 e. The summed E-state index contributed by atoms with van der Waals surface area (Å²) in [7, 11) is 3.41. The average Bonchev–Trinajstić information content (AvgIpc) is 3.84. The summed E-state index contributed by atoms with van der Waals surface area (Å²) in [4.78, 5) is 32.2. The second-order valence-electron chi connectivity index (χ2n) is 15.0. The van der Waals surface area contributed by atoms with Crippen molar-refractivity contribution in [3.05, 3.63) is 66.0 Å². The number of aryl methyl sites for hydroxylation is 1. The number of anilines is 1.